The zero-order chi connectivity index (χ0) is 19.1. The van der Waals surface area contributed by atoms with Gasteiger partial charge in [-0.15, -0.1) is 0 Å². The maximum atomic E-state index is 11.8. The average molecular weight is 356 g/mol. The molecule has 7 nitrogen and oxygen atoms in total. The van der Waals surface area contributed by atoms with Crippen LogP contribution in [0.15, 0.2) is 42.5 Å². The van der Waals surface area contributed by atoms with E-state index in [1.165, 1.54) is 24.3 Å². The van der Waals surface area contributed by atoms with Crippen molar-refractivity contribution in [3.8, 4) is 5.75 Å². The van der Waals surface area contributed by atoms with E-state index in [4.69, 9.17) is 15.2 Å². The lowest BCUT2D eigenvalue weighted by atomic mass is 10.1. The summed E-state index contributed by atoms with van der Waals surface area (Å²) < 4.78 is 10.4. The van der Waals surface area contributed by atoms with Gasteiger partial charge in [0.25, 0.3) is 5.91 Å². The summed E-state index contributed by atoms with van der Waals surface area (Å²) >= 11 is 0. The van der Waals surface area contributed by atoms with Crippen LogP contribution in [0.2, 0.25) is 0 Å². The van der Waals surface area contributed by atoms with E-state index in [1.54, 1.807) is 0 Å². The van der Waals surface area contributed by atoms with E-state index in [2.05, 4.69) is 5.32 Å². The van der Waals surface area contributed by atoms with Crippen LogP contribution in [0, 0.1) is 13.8 Å². The summed E-state index contributed by atoms with van der Waals surface area (Å²) in [5, 5.41) is 2.55. The zero-order valence-corrected chi connectivity index (χ0v) is 14.6. The van der Waals surface area contributed by atoms with Crippen LogP contribution in [0.25, 0.3) is 0 Å². The topological polar surface area (TPSA) is 108 Å². The zero-order valence-electron chi connectivity index (χ0n) is 14.6. The van der Waals surface area contributed by atoms with Crippen molar-refractivity contribution in [3.05, 3.63) is 59.2 Å². The molecule has 0 heterocycles. The van der Waals surface area contributed by atoms with E-state index in [9.17, 15) is 14.4 Å². The molecule has 0 bridgehead atoms. The minimum absolute atomic E-state index is 0.285. The Morgan fingerprint density at radius 1 is 0.962 bits per heavy atom. The molecule has 0 aliphatic heterocycles. The first-order valence-corrected chi connectivity index (χ1v) is 7.91. The van der Waals surface area contributed by atoms with Crippen molar-refractivity contribution < 1.29 is 23.9 Å². The second-order valence-corrected chi connectivity index (χ2v) is 5.66. The highest BCUT2D eigenvalue weighted by Crippen LogP contribution is 2.22. The molecule has 0 aliphatic rings. The summed E-state index contributed by atoms with van der Waals surface area (Å²) in [7, 11) is 0. The molecule has 3 N–H and O–H groups in total. The van der Waals surface area contributed by atoms with Gasteiger partial charge in [-0.25, -0.2) is 4.79 Å². The van der Waals surface area contributed by atoms with E-state index in [-0.39, 0.29) is 6.61 Å². The number of esters is 1. The summed E-state index contributed by atoms with van der Waals surface area (Å²) in [4.78, 5) is 34.5. The van der Waals surface area contributed by atoms with Crippen LogP contribution in [0.4, 0.5) is 5.69 Å². The molecule has 0 radical (unpaired) electrons. The normalized spacial score (nSPS) is 10.1. The number of anilines is 1. The second-order valence-electron chi connectivity index (χ2n) is 5.66. The van der Waals surface area contributed by atoms with Crippen molar-refractivity contribution in [3.63, 3.8) is 0 Å². The first-order chi connectivity index (χ1) is 12.4. The molecule has 2 amide bonds. The largest absolute Gasteiger partial charge is 0.481 e. The molecule has 2 aromatic carbocycles. The van der Waals surface area contributed by atoms with Gasteiger partial charge in [-0.3, -0.25) is 9.59 Å². The Morgan fingerprint density at radius 3 is 2.15 bits per heavy atom. The molecule has 2 aromatic rings. The molecule has 0 saturated carbocycles. The Kier molecular flexibility index (Phi) is 6.32. The number of aryl methyl sites for hydroxylation is 2. The number of carbonyl (C=O) groups excluding carboxylic acids is 3. The number of benzene rings is 2. The number of primary amides is 1. The molecule has 7 heteroatoms. The van der Waals surface area contributed by atoms with Gasteiger partial charge in [0.05, 0.1) is 0 Å². The van der Waals surface area contributed by atoms with Gasteiger partial charge in [0.15, 0.2) is 13.2 Å². The Bertz CT molecular complexity index is 795. The van der Waals surface area contributed by atoms with Crippen molar-refractivity contribution in [2.75, 3.05) is 18.5 Å². The fourth-order valence-electron chi connectivity index (χ4n) is 2.26. The van der Waals surface area contributed by atoms with Crippen molar-refractivity contribution in [2.24, 2.45) is 5.73 Å². The number of hydrogen-bond donors (Lipinski definition) is 2. The fraction of sp³-hybridized carbons (Fsp3) is 0.211. The third-order valence-corrected chi connectivity index (χ3v) is 3.56. The molecular formula is C19H20N2O5. The van der Waals surface area contributed by atoms with Crippen molar-refractivity contribution in [1.29, 1.82) is 0 Å². The monoisotopic (exact) mass is 356 g/mol. The van der Waals surface area contributed by atoms with Gasteiger partial charge in [0.2, 0.25) is 5.91 Å². The third kappa shape index (κ3) is 5.34. The summed E-state index contributed by atoms with van der Waals surface area (Å²) in [6.07, 6.45) is 0. The van der Waals surface area contributed by atoms with Crippen LogP contribution >= 0.6 is 0 Å². The Labute approximate surface area is 151 Å². The van der Waals surface area contributed by atoms with Crippen LogP contribution in [-0.2, 0) is 14.3 Å². The van der Waals surface area contributed by atoms with Crippen LogP contribution in [-0.4, -0.2) is 31.0 Å². The van der Waals surface area contributed by atoms with Crippen molar-refractivity contribution in [2.45, 2.75) is 13.8 Å². The Morgan fingerprint density at radius 2 is 1.58 bits per heavy atom. The molecule has 0 spiro atoms. The number of rotatable bonds is 7. The fourth-order valence-corrected chi connectivity index (χ4v) is 2.26. The second kappa shape index (κ2) is 8.66. The van der Waals surface area contributed by atoms with E-state index >= 15 is 0 Å². The molecular weight excluding hydrogens is 336 g/mol. The molecule has 0 aromatic heterocycles. The highest BCUT2D eigenvalue weighted by molar-refractivity contribution is 5.95. The van der Waals surface area contributed by atoms with Crippen molar-refractivity contribution in [1.82, 2.24) is 0 Å². The third-order valence-electron chi connectivity index (χ3n) is 3.56. The number of nitrogens with one attached hydrogen (secondary N) is 1. The molecule has 2 rings (SSSR count). The van der Waals surface area contributed by atoms with Gasteiger partial charge in [0, 0.05) is 11.3 Å². The minimum Gasteiger partial charge on any atom is -0.481 e. The Balaban J connectivity index is 1.78. The van der Waals surface area contributed by atoms with E-state index < -0.39 is 24.4 Å². The van der Waals surface area contributed by atoms with Gasteiger partial charge in [0.1, 0.15) is 5.75 Å². The van der Waals surface area contributed by atoms with Gasteiger partial charge in [-0.05, 0) is 49.2 Å². The standard InChI is InChI=1S/C19H20N2O5/c1-12-4-3-5-13(2)18(12)26-11-17(23)25-10-16(22)21-15-8-6-14(7-9-15)19(20)24/h3-9H,10-11H2,1-2H3,(H2,20,24)(H,21,22). The quantitative estimate of drug-likeness (QED) is 0.738. The SMILES string of the molecule is Cc1cccc(C)c1OCC(=O)OCC(=O)Nc1ccc(C(N)=O)cc1. The number of nitrogens with two attached hydrogens (primary N) is 1. The van der Waals surface area contributed by atoms with Crippen LogP contribution < -0.4 is 15.8 Å². The Hall–Kier alpha value is -3.35. The maximum Gasteiger partial charge on any atom is 0.344 e. The van der Waals surface area contributed by atoms with E-state index in [1.807, 2.05) is 32.0 Å². The highest BCUT2D eigenvalue weighted by Gasteiger charge is 2.11. The maximum absolute atomic E-state index is 11.8. The predicted molar refractivity (Wildman–Crippen MR) is 96.0 cm³/mol. The summed E-state index contributed by atoms with van der Waals surface area (Å²) in [5.41, 5.74) is 7.76. The summed E-state index contributed by atoms with van der Waals surface area (Å²) in [6.45, 7) is 3.04. The molecule has 0 saturated heterocycles. The number of carbonyl (C=O) groups is 3. The number of ether oxygens (including phenoxy) is 2. The lowest BCUT2D eigenvalue weighted by Crippen LogP contribution is -2.24. The molecule has 0 atom stereocenters. The van der Waals surface area contributed by atoms with Gasteiger partial charge >= 0.3 is 5.97 Å². The lowest BCUT2D eigenvalue weighted by molar-refractivity contribution is -0.149. The van der Waals surface area contributed by atoms with E-state index in [0.717, 1.165) is 11.1 Å². The molecule has 0 fully saturated rings. The molecule has 26 heavy (non-hydrogen) atoms. The van der Waals surface area contributed by atoms with Gasteiger partial charge in [-0.1, -0.05) is 18.2 Å². The lowest BCUT2D eigenvalue weighted by Gasteiger charge is -2.11. The van der Waals surface area contributed by atoms with Gasteiger partial charge < -0.3 is 20.5 Å². The van der Waals surface area contributed by atoms with Crippen LogP contribution in [0.3, 0.4) is 0 Å². The van der Waals surface area contributed by atoms with Crippen LogP contribution in [0.1, 0.15) is 21.5 Å². The number of hydrogen-bond acceptors (Lipinski definition) is 5. The predicted octanol–water partition coefficient (Wildman–Crippen LogP) is 1.96. The number of para-hydroxylation sites is 1. The van der Waals surface area contributed by atoms with Crippen LogP contribution in [0.5, 0.6) is 5.75 Å². The van der Waals surface area contributed by atoms with Gasteiger partial charge in [-0.2, -0.15) is 0 Å². The highest BCUT2D eigenvalue weighted by atomic mass is 16.6. The first-order valence-electron chi connectivity index (χ1n) is 7.91. The van der Waals surface area contributed by atoms with E-state index in [0.29, 0.717) is 17.0 Å². The summed E-state index contributed by atoms with van der Waals surface area (Å²) in [6, 6.07) is 11.7. The molecule has 0 unspecified atom stereocenters. The smallest absolute Gasteiger partial charge is 0.344 e. The minimum atomic E-state index is -0.646. The number of amides is 2. The molecule has 0 aliphatic carbocycles. The first kappa shape index (κ1) is 19.0. The molecule has 136 valence electrons. The van der Waals surface area contributed by atoms with Crippen molar-refractivity contribution >= 4 is 23.5 Å². The summed E-state index contributed by atoms with van der Waals surface area (Å²) in [5.74, 6) is -1.08. The average Bonchev–Trinajstić information content (AvgIpc) is 2.60.